The maximum Gasteiger partial charge on any atom is 0.129 e. The monoisotopic (exact) mass is 222 g/mol. The Hall–Kier alpha value is -1.16. The molecule has 0 saturated carbocycles. The lowest BCUT2D eigenvalue weighted by Gasteiger charge is -2.25. The number of nitrogens with one attached hydrogen (secondary N) is 1. The quantitative estimate of drug-likeness (QED) is 0.829. The molecule has 4 heteroatoms. The van der Waals surface area contributed by atoms with Crippen molar-refractivity contribution >= 4 is 5.82 Å². The van der Waals surface area contributed by atoms with Crippen LogP contribution in [0, 0.1) is 5.92 Å². The Morgan fingerprint density at radius 1 is 1.31 bits per heavy atom. The third kappa shape index (κ3) is 3.45. The second kappa shape index (κ2) is 5.80. The van der Waals surface area contributed by atoms with Gasteiger partial charge in [-0.2, -0.15) is 0 Å². The van der Waals surface area contributed by atoms with Crippen LogP contribution in [0.2, 0.25) is 0 Å². The Kier molecular flexibility index (Phi) is 4.68. The zero-order valence-electron chi connectivity index (χ0n) is 10.9. The molecule has 0 amide bonds. The first-order valence-electron chi connectivity index (χ1n) is 5.70. The molecular formula is C12H22N4. The molecule has 1 unspecified atom stereocenters. The molecule has 0 spiro atoms. The number of hydrogen-bond donors (Lipinski definition) is 1. The van der Waals surface area contributed by atoms with Gasteiger partial charge in [0, 0.05) is 13.1 Å². The molecule has 0 saturated heterocycles. The maximum absolute atomic E-state index is 4.37. The average molecular weight is 222 g/mol. The van der Waals surface area contributed by atoms with Crippen LogP contribution in [-0.2, 0) is 0 Å². The lowest BCUT2D eigenvalue weighted by molar-refractivity contribution is 0.254. The van der Waals surface area contributed by atoms with Crippen molar-refractivity contribution in [1.82, 2.24) is 14.9 Å². The fourth-order valence-corrected chi connectivity index (χ4v) is 1.73. The molecule has 0 aromatic carbocycles. The van der Waals surface area contributed by atoms with Gasteiger partial charge in [-0.25, -0.2) is 9.97 Å². The number of hydrogen-bond acceptors (Lipinski definition) is 4. The Morgan fingerprint density at radius 3 is 2.50 bits per heavy atom. The third-order valence-electron chi connectivity index (χ3n) is 2.60. The molecule has 1 N–H and O–H groups in total. The van der Waals surface area contributed by atoms with Gasteiger partial charge >= 0.3 is 0 Å². The van der Waals surface area contributed by atoms with E-state index in [1.165, 1.54) is 0 Å². The van der Waals surface area contributed by atoms with E-state index in [1.54, 1.807) is 6.33 Å². The minimum absolute atomic E-state index is 0.357. The zero-order valence-corrected chi connectivity index (χ0v) is 10.9. The molecule has 0 fully saturated rings. The predicted molar refractivity (Wildman–Crippen MR) is 67.5 cm³/mol. The van der Waals surface area contributed by atoms with Crippen molar-refractivity contribution in [3.63, 3.8) is 0 Å². The summed E-state index contributed by atoms with van der Waals surface area (Å²) < 4.78 is 0. The molecule has 0 aliphatic carbocycles. The molecule has 0 aliphatic rings. The van der Waals surface area contributed by atoms with Crippen LogP contribution in [0.4, 0.5) is 5.82 Å². The van der Waals surface area contributed by atoms with Crippen molar-refractivity contribution in [2.45, 2.75) is 26.3 Å². The highest BCUT2D eigenvalue weighted by atomic mass is 15.1. The molecule has 1 atom stereocenters. The molecule has 0 radical (unpaired) electrons. The van der Waals surface area contributed by atoms with Gasteiger partial charge in [-0.05, 0) is 26.4 Å². The van der Waals surface area contributed by atoms with Gasteiger partial charge in [-0.15, -0.1) is 0 Å². The van der Waals surface area contributed by atoms with E-state index in [0.717, 1.165) is 17.9 Å². The first-order chi connectivity index (χ1) is 7.54. The van der Waals surface area contributed by atoms with Gasteiger partial charge < -0.3 is 10.2 Å². The summed E-state index contributed by atoms with van der Waals surface area (Å²) >= 11 is 0. The Labute approximate surface area is 98.1 Å². The van der Waals surface area contributed by atoms with E-state index < -0.39 is 0 Å². The molecule has 1 aromatic heterocycles. The largest absolute Gasteiger partial charge is 0.373 e. The van der Waals surface area contributed by atoms with Crippen LogP contribution < -0.4 is 5.32 Å². The van der Waals surface area contributed by atoms with E-state index in [4.69, 9.17) is 0 Å². The van der Waals surface area contributed by atoms with Crippen molar-refractivity contribution in [2.75, 3.05) is 26.5 Å². The van der Waals surface area contributed by atoms with Gasteiger partial charge in [0.25, 0.3) is 0 Å². The highest BCUT2D eigenvalue weighted by molar-refractivity contribution is 5.34. The summed E-state index contributed by atoms with van der Waals surface area (Å²) in [6, 6.07) is 2.38. The fraction of sp³-hybridized carbons (Fsp3) is 0.667. The SMILES string of the molecule is CNc1cc(C(CC(C)C)N(C)C)ncn1. The van der Waals surface area contributed by atoms with Crippen molar-refractivity contribution < 1.29 is 0 Å². The standard InChI is InChI=1S/C12H22N4/c1-9(2)6-11(16(4)5)10-7-12(13-3)15-8-14-10/h7-9,11H,6H2,1-5H3,(H,13,14,15). The molecular weight excluding hydrogens is 200 g/mol. The lowest BCUT2D eigenvalue weighted by atomic mass is 10.00. The molecule has 0 bridgehead atoms. The van der Waals surface area contributed by atoms with Crippen LogP contribution >= 0.6 is 0 Å². The van der Waals surface area contributed by atoms with Gasteiger partial charge in [0.2, 0.25) is 0 Å². The van der Waals surface area contributed by atoms with Crippen LogP contribution in [0.3, 0.4) is 0 Å². The van der Waals surface area contributed by atoms with Crippen LogP contribution in [-0.4, -0.2) is 36.0 Å². The summed E-state index contributed by atoms with van der Waals surface area (Å²) in [7, 11) is 6.06. The maximum atomic E-state index is 4.37. The molecule has 1 rings (SSSR count). The van der Waals surface area contributed by atoms with E-state index in [9.17, 15) is 0 Å². The van der Waals surface area contributed by atoms with Crippen LogP contribution in [0.1, 0.15) is 32.0 Å². The summed E-state index contributed by atoms with van der Waals surface area (Å²) in [6.07, 6.45) is 2.73. The number of anilines is 1. The first kappa shape index (κ1) is 12.9. The Morgan fingerprint density at radius 2 is 2.00 bits per heavy atom. The normalized spacial score (nSPS) is 13.2. The van der Waals surface area contributed by atoms with Crippen LogP contribution in [0.15, 0.2) is 12.4 Å². The highest BCUT2D eigenvalue weighted by Crippen LogP contribution is 2.24. The zero-order chi connectivity index (χ0) is 12.1. The molecule has 16 heavy (non-hydrogen) atoms. The molecule has 1 aromatic rings. The fourth-order valence-electron chi connectivity index (χ4n) is 1.73. The minimum Gasteiger partial charge on any atom is -0.373 e. The van der Waals surface area contributed by atoms with E-state index in [2.05, 4.69) is 48.1 Å². The van der Waals surface area contributed by atoms with Crippen molar-refractivity contribution in [2.24, 2.45) is 5.92 Å². The van der Waals surface area contributed by atoms with E-state index >= 15 is 0 Å². The summed E-state index contributed by atoms with van der Waals surface area (Å²) in [5.74, 6) is 1.53. The minimum atomic E-state index is 0.357. The molecule has 0 aliphatic heterocycles. The first-order valence-corrected chi connectivity index (χ1v) is 5.70. The second-order valence-electron chi connectivity index (χ2n) is 4.69. The smallest absolute Gasteiger partial charge is 0.129 e. The molecule has 4 nitrogen and oxygen atoms in total. The highest BCUT2D eigenvalue weighted by Gasteiger charge is 2.17. The number of aromatic nitrogens is 2. The summed E-state index contributed by atoms with van der Waals surface area (Å²) in [5, 5.41) is 3.04. The van der Waals surface area contributed by atoms with E-state index in [1.807, 2.05) is 13.1 Å². The van der Waals surface area contributed by atoms with Crippen LogP contribution in [0.5, 0.6) is 0 Å². The Balaban J connectivity index is 2.91. The second-order valence-corrected chi connectivity index (χ2v) is 4.69. The Bertz CT molecular complexity index is 323. The summed E-state index contributed by atoms with van der Waals surface area (Å²) in [4.78, 5) is 10.7. The molecule has 90 valence electrons. The summed E-state index contributed by atoms with van der Waals surface area (Å²) in [6.45, 7) is 4.47. The number of nitrogens with zero attached hydrogens (tertiary/aromatic N) is 3. The van der Waals surface area contributed by atoms with E-state index in [0.29, 0.717) is 12.0 Å². The summed E-state index contributed by atoms with van der Waals surface area (Å²) in [5.41, 5.74) is 1.08. The van der Waals surface area contributed by atoms with Gasteiger partial charge in [0.1, 0.15) is 12.1 Å². The lowest BCUT2D eigenvalue weighted by Crippen LogP contribution is -2.22. The number of rotatable bonds is 5. The van der Waals surface area contributed by atoms with Crippen molar-refractivity contribution in [3.05, 3.63) is 18.1 Å². The van der Waals surface area contributed by atoms with Crippen molar-refractivity contribution in [3.8, 4) is 0 Å². The van der Waals surface area contributed by atoms with Crippen molar-refractivity contribution in [1.29, 1.82) is 0 Å². The van der Waals surface area contributed by atoms with E-state index in [-0.39, 0.29) is 0 Å². The predicted octanol–water partition coefficient (Wildman–Crippen LogP) is 2.17. The van der Waals surface area contributed by atoms with Gasteiger partial charge in [0.05, 0.1) is 11.7 Å². The van der Waals surface area contributed by atoms with Crippen LogP contribution in [0.25, 0.3) is 0 Å². The third-order valence-corrected chi connectivity index (χ3v) is 2.60. The average Bonchev–Trinajstić information content (AvgIpc) is 2.25. The topological polar surface area (TPSA) is 41.0 Å². The molecule has 1 heterocycles. The van der Waals surface area contributed by atoms with Gasteiger partial charge in [0.15, 0.2) is 0 Å². The van der Waals surface area contributed by atoms with Gasteiger partial charge in [-0.1, -0.05) is 13.8 Å². The van der Waals surface area contributed by atoms with Gasteiger partial charge in [-0.3, -0.25) is 0 Å².